The normalized spacial score (nSPS) is 9.62. The van der Waals surface area contributed by atoms with E-state index in [1.165, 1.54) is 6.92 Å². The first kappa shape index (κ1) is 12.2. The van der Waals surface area contributed by atoms with Gasteiger partial charge in [-0.2, -0.15) is 0 Å². The summed E-state index contributed by atoms with van der Waals surface area (Å²) >= 11 is 0. The average molecular weight is 221 g/mol. The van der Waals surface area contributed by atoms with Gasteiger partial charge in [0.1, 0.15) is 12.4 Å². The lowest BCUT2D eigenvalue weighted by atomic mass is 10.2. The summed E-state index contributed by atoms with van der Waals surface area (Å²) in [6.07, 6.45) is -0.286. The Morgan fingerprint density at radius 2 is 1.88 bits per heavy atom. The van der Waals surface area contributed by atoms with E-state index in [1.54, 1.807) is 12.1 Å². The van der Waals surface area contributed by atoms with Crippen molar-refractivity contribution in [2.75, 3.05) is 11.9 Å². The van der Waals surface area contributed by atoms with Gasteiger partial charge in [-0.3, -0.25) is 10.1 Å². The average Bonchev–Trinajstić information content (AvgIpc) is 2.21. The smallest absolute Gasteiger partial charge is 0.411 e. The van der Waals surface area contributed by atoms with Crippen LogP contribution >= 0.6 is 0 Å². The zero-order valence-corrected chi connectivity index (χ0v) is 9.45. The highest BCUT2D eigenvalue weighted by Crippen LogP contribution is 2.08. The summed E-state index contributed by atoms with van der Waals surface area (Å²) in [5, 5.41) is 2.57. The SMILES string of the molecule is CC(=O)CCOC(=O)Nc1ccc(C)cc1. The van der Waals surface area contributed by atoms with E-state index in [0.29, 0.717) is 5.69 Å². The molecule has 1 aromatic carbocycles. The second-order valence-electron chi connectivity index (χ2n) is 3.58. The van der Waals surface area contributed by atoms with Crippen molar-refractivity contribution < 1.29 is 14.3 Å². The third kappa shape index (κ3) is 4.59. The summed E-state index contributed by atoms with van der Waals surface area (Å²) in [6, 6.07) is 7.37. The number of anilines is 1. The molecule has 1 N–H and O–H groups in total. The van der Waals surface area contributed by atoms with Gasteiger partial charge in [-0.05, 0) is 26.0 Å². The fraction of sp³-hybridized carbons (Fsp3) is 0.333. The van der Waals surface area contributed by atoms with E-state index in [-0.39, 0.29) is 18.8 Å². The van der Waals surface area contributed by atoms with Crippen LogP contribution in [0.1, 0.15) is 18.9 Å². The Morgan fingerprint density at radius 3 is 2.44 bits per heavy atom. The van der Waals surface area contributed by atoms with Gasteiger partial charge in [0.05, 0.1) is 0 Å². The standard InChI is InChI=1S/C12H15NO3/c1-9-3-5-11(6-4-9)13-12(15)16-8-7-10(2)14/h3-6H,7-8H2,1-2H3,(H,13,15). The van der Waals surface area contributed by atoms with Crippen LogP contribution in [0, 0.1) is 6.92 Å². The van der Waals surface area contributed by atoms with Gasteiger partial charge in [-0.25, -0.2) is 4.79 Å². The molecule has 0 aromatic heterocycles. The molecular weight excluding hydrogens is 206 g/mol. The van der Waals surface area contributed by atoms with Crippen LogP contribution in [-0.2, 0) is 9.53 Å². The van der Waals surface area contributed by atoms with Crippen LogP contribution in [0.3, 0.4) is 0 Å². The van der Waals surface area contributed by atoms with Crippen LogP contribution in [0.25, 0.3) is 0 Å². The summed E-state index contributed by atoms with van der Waals surface area (Å²) in [6.45, 7) is 3.54. The summed E-state index contributed by atoms with van der Waals surface area (Å²) in [4.78, 5) is 21.8. The quantitative estimate of drug-likeness (QED) is 0.849. The van der Waals surface area contributed by atoms with E-state index >= 15 is 0 Å². The van der Waals surface area contributed by atoms with Gasteiger partial charge < -0.3 is 4.74 Å². The van der Waals surface area contributed by atoms with Crippen molar-refractivity contribution in [1.82, 2.24) is 0 Å². The Labute approximate surface area is 94.6 Å². The molecule has 1 rings (SSSR count). The molecule has 1 aromatic rings. The van der Waals surface area contributed by atoms with Crippen molar-refractivity contribution in [3.63, 3.8) is 0 Å². The van der Waals surface area contributed by atoms with E-state index in [9.17, 15) is 9.59 Å². The molecule has 4 heteroatoms. The molecular formula is C12H15NO3. The number of Topliss-reactive ketones (excluding diaryl/α,β-unsaturated/α-hetero) is 1. The highest BCUT2D eigenvalue weighted by atomic mass is 16.5. The molecule has 0 bridgehead atoms. The van der Waals surface area contributed by atoms with Crippen molar-refractivity contribution in [3.8, 4) is 0 Å². The Bertz CT molecular complexity index is 370. The predicted octanol–water partition coefficient (Wildman–Crippen LogP) is 2.52. The Morgan fingerprint density at radius 1 is 1.25 bits per heavy atom. The predicted molar refractivity (Wildman–Crippen MR) is 61.4 cm³/mol. The van der Waals surface area contributed by atoms with Gasteiger partial charge in [0.25, 0.3) is 0 Å². The van der Waals surface area contributed by atoms with Crippen molar-refractivity contribution in [1.29, 1.82) is 0 Å². The second-order valence-corrected chi connectivity index (χ2v) is 3.58. The first-order valence-electron chi connectivity index (χ1n) is 5.08. The number of ether oxygens (including phenoxy) is 1. The van der Waals surface area contributed by atoms with E-state index < -0.39 is 6.09 Å². The summed E-state index contributed by atoms with van der Waals surface area (Å²) in [7, 11) is 0. The maximum absolute atomic E-state index is 11.2. The number of benzene rings is 1. The number of nitrogens with one attached hydrogen (secondary N) is 1. The molecule has 4 nitrogen and oxygen atoms in total. The number of aryl methyl sites for hydroxylation is 1. The molecule has 0 saturated carbocycles. The largest absolute Gasteiger partial charge is 0.449 e. The van der Waals surface area contributed by atoms with Crippen molar-refractivity contribution >= 4 is 17.6 Å². The lowest BCUT2D eigenvalue weighted by Crippen LogP contribution is -2.15. The molecule has 0 spiro atoms. The van der Waals surface area contributed by atoms with Crippen LogP contribution in [0.5, 0.6) is 0 Å². The number of hydrogen-bond acceptors (Lipinski definition) is 3. The number of hydrogen-bond donors (Lipinski definition) is 1. The first-order valence-corrected chi connectivity index (χ1v) is 5.08. The van der Waals surface area contributed by atoms with E-state index in [0.717, 1.165) is 5.56 Å². The Hall–Kier alpha value is -1.84. The molecule has 0 aliphatic heterocycles. The van der Waals surface area contributed by atoms with Gasteiger partial charge in [0.15, 0.2) is 0 Å². The second kappa shape index (κ2) is 5.90. The summed E-state index contributed by atoms with van der Waals surface area (Å²) < 4.78 is 4.82. The summed E-state index contributed by atoms with van der Waals surface area (Å²) in [5.41, 5.74) is 1.80. The van der Waals surface area contributed by atoms with Gasteiger partial charge >= 0.3 is 6.09 Å². The lowest BCUT2D eigenvalue weighted by Gasteiger charge is -2.06. The van der Waals surface area contributed by atoms with E-state index in [1.807, 2.05) is 19.1 Å². The van der Waals surface area contributed by atoms with Crippen LogP contribution in [0.2, 0.25) is 0 Å². The molecule has 86 valence electrons. The van der Waals surface area contributed by atoms with Crippen LogP contribution in [0.15, 0.2) is 24.3 Å². The molecule has 0 radical (unpaired) electrons. The van der Waals surface area contributed by atoms with Crippen molar-refractivity contribution in [2.24, 2.45) is 0 Å². The molecule has 0 unspecified atom stereocenters. The lowest BCUT2D eigenvalue weighted by molar-refractivity contribution is -0.117. The van der Waals surface area contributed by atoms with Crippen LogP contribution < -0.4 is 5.32 Å². The zero-order valence-electron chi connectivity index (χ0n) is 9.45. The molecule has 0 atom stereocenters. The number of carbonyl (C=O) groups is 2. The Kier molecular flexibility index (Phi) is 4.51. The third-order valence-electron chi connectivity index (χ3n) is 1.99. The van der Waals surface area contributed by atoms with Crippen LogP contribution in [-0.4, -0.2) is 18.5 Å². The monoisotopic (exact) mass is 221 g/mol. The molecule has 0 heterocycles. The van der Waals surface area contributed by atoms with Gasteiger partial charge in [-0.1, -0.05) is 17.7 Å². The van der Waals surface area contributed by atoms with Crippen LogP contribution in [0.4, 0.5) is 10.5 Å². The molecule has 1 amide bonds. The topological polar surface area (TPSA) is 55.4 Å². The molecule has 16 heavy (non-hydrogen) atoms. The molecule has 0 fully saturated rings. The zero-order chi connectivity index (χ0) is 12.0. The van der Waals surface area contributed by atoms with Crippen molar-refractivity contribution in [2.45, 2.75) is 20.3 Å². The number of amides is 1. The minimum atomic E-state index is -0.537. The summed E-state index contributed by atoms with van der Waals surface area (Å²) in [5.74, 6) is 0.00290. The third-order valence-corrected chi connectivity index (χ3v) is 1.99. The first-order chi connectivity index (χ1) is 7.58. The van der Waals surface area contributed by atoms with E-state index in [2.05, 4.69) is 5.32 Å². The highest BCUT2D eigenvalue weighted by Gasteiger charge is 2.03. The molecule has 0 saturated heterocycles. The minimum absolute atomic E-state index is 0.00290. The minimum Gasteiger partial charge on any atom is -0.449 e. The highest BCUT2D eigenvalue weighted by molar-refractivity contribution is 5.84. The number of ketones is 1. The fourth-order valence-electron chi connectivity index (χ4n) is 1.08. The molecule has 0 aliphatic carbocycles. The molecule has 0 aliphatic rings. The van der Waals surface area contributed by atoms with Gasteiger partial charge in [-0.15, -0.1) is 0 Å². The van der Waals surface area contributed by atoms with Gasteiger partial charge in [0, 0.05) is 12.1 Å². The van der Waals surface area contributed by atoms with Gasteiger partial charge in [0.2, 0.25) is 0 Å². The Balaban J connectivity index is 2.34. The van der Waals surface area contributed by atoms with E-state index in [4.69, 9.17) is 4.74 Å². The maximum atomic E-state index is 11.2. The van der Waals surface area contributed by atoms with Crippen molar-refractivity contribution in [3.05, 3.63) is 29.8 Å². The maximum Gasteiger partial charge on any atom is 0.411 e. The number of carbonyl (C=O) groups excluding carboxylic acids is 2. The fourth-order valence-corrected chi connectivity index (χ4v) is 1.08. The number of rotatable bonds is 4.